The Morgan fingerprint density at radius 2 is 1.61 bits per heavy atom. The summed E-state index contributed by atoms with van der Waals surface area (Å²) in [5.74, 6) is -1.21. The Morgan fingerprint density at radius 3 is 2.29 bits per heavy atom. The Bertz CT molecular complexity index is 1780. The number of nitrogens with zero attached hydrogens (tertiary/aromatic N) is 1. The highest BCUT2D eigenvalue weighted by molar-refractivity contribution is 5.97. The number of hydrogen-bond donors (Lipinski definition) is 6. The molecule has 4 amide bonds. The van der Waals surface area contributed by atoms with Crippen LogP contribution >= 0.6 is 0 Å². The van der Waals surface area contributed by atoms with E-state index in [4.69, 9.17) is 9.94 Å². The van der Waals surface area contributed by atoms with Crippen LogP contribution in [0, 0.1) is 12.8 Å². The van der Waals surface area contributed by atoms with E-state index in [1.807, 2.05) is 63.2 Å². The molecule has 0 bridgehead atoms. The van der Waals surface area contributed by atoms with Gasteiger partial charge in [-0.3, -0.25) is 19.6 Å². The number of aryl methyl sites for hydroxylation is 1. The molecule has 1 heterocycles. The molecule has 0 aliphatic heterocycles. The average molecular weight is 670 g/mol. The molecule has 4 aromatic rings. The van der Waals surface area contributed by atoms with Gasteiger partial charge in [-0.1, -0.05) is 68.4 Å². The number of anilines is 1. The van der Waals surface area contributed by atoms with E-state index in [2.05, 4.69) is 27.4 Å². The summed E-state index contributed by atoms with van der Waals surface area (Å²) in [6.07, 6.45) is 2.92. The van der Waals surface area contributed by atoms with Crippen molar-refractivity contribution in [3.8, 4) is 0 Å². The minimum Gasteiger partial charge on any atom is -0.445 e. The maximum absolute atomic E-state index is 13.5. The number of para-hydroxylation sites is 1. The quantitative estimate of drug-likeness (QED) is 0.0669. The average Bonchev–Trinajstić information content (AvgIpc) is 3.42. The first-order valence-electron chi connectivity index (χ1n) is 16.2. The fourth-order valence-corrected chi connectivity index (χ4v) is 5.16. The van der Waals surface area contributed by atoms with Crippen LogP contribution in [0.25, 0.3) is 17.0 Å². The molecular formula is C37H45N6O6+. The zero-order chi connectivity index (χ0) is 35.5. The minimum absolute atomic E-state index is 0.0267. The van der Waals surface area contributed by atoms with Gasteiger partial charge in [-0.2, -0.15) is 0 Å². The Morgan fingerprint density at radius 1 is 0.939 bits per heavy atom. The number of benzene rings is 3. The molecule has 258 valence electrons. The van der Waals surface area contributed by atoms with Gasteiger partial charge in [0.1, 0.15) is 12.6 Å². The molecule has 0 radical (unpaired) electrons. The molecule has 3 aromatic carbocycles. The molecule has 2 atom stereocenters. The highest BCUT2D eigenvalue weighted by Crippen LogP contribution is 2.23. The van der Waals surface area contributed by atoms with Crippen LogP contribution in [-0.2, 0) is 38.7 Å². The van der Waals surface area contributed by atoms with Crippen LogP contribution in [-0.4, -0.2) is 57.5 Å². The second kappa shape index (κ2) is 17.1. The second-order valence-electron chi connectivity index (χ2n) is 12.3. The van der Waals surface area contributed by atoms with Crippen molar-refractivity contribution in [3.63, 3.8) is 0 Å². The van der Waals surface area contributed by atoms with Gasteiger partial charge in [0.15, 0.2) is 6.04 Å². The van der Waals surface area contributed by atoms with Crippen LogP contribution in [0.4, 0.5) is 10.5 Å². The van der Waals surface area contributed by atoms with Crippen molar-refractivity contribution >= 4 is 46.5 Å². The lowest BCUT2D eigenvalue weighted by Gasteiger charge is -2.23. The monoisotopic (exact) mass is 669 g/mol. The number of quaternary nitrogens is 1. The second-order valence-corrected chi connectivity index (χ2v) is 12.3. The lowest BCUT2D eigenvalue weighted by Crippen LogP contribution is -2.70. The summed E-state index contributed by atoms with van der Waals surface area (Å²) >= 11 is 0. The van der Waals surface area contributed by atoms with Crippen molar-refractivity contribution in [2.45, 2.75) is 59.4 Å². The molecule has 49 heavy (non-hydrogen) atoms. The van der Waals surface area contributed by atoms with Gasteiger partial charge in [-0.05, 0) is 66.8 Å². The van der Waals surface area contributed by atoms with Gasteiger partial charge in [0.2, 0.25) is 5.91 Å². The number of fused-ring (bicyclic) bond motifs is 1. The lowest BCUT2D eigenvalue weighted by atomic mass is 10.0. The maximum Gasteiger partial charge on any atom is 0.410 e. The first kappa shape index (κ1) is 36.4. The van der Waals surface area contributed by atoms with E-state index in [0.29, 0.717) is 25.2 Å². The fourth-order valence-electron chi connectivity index (χ4n) is 5.16. The number of hydroxylamine groups is 1. The number of rotatable bonds is 14. The Kier molecular flexibility index (Phi) is 12.7. The lowest BCUT2D eigenvalue weighted by molar-refractivity contribution is -0.414. The normalized spacial score (nSPS) is 12.5. The van der Waals surface area contributed by atoms with E-state index in [-0.39, 0.29) is 24.3 Å². The van der Waals surface area contributed by atoms with Crippen LogP contribution in [0.2, 0.25) is 0 Å². The zero-order valence-electron chi connectivity index (χ0n) is 28.3. The van der Waals surface area contributed by atoms with Gasteiger partial charge >= 0.3 is 6.09 Å². The largest absolute Gasteiger partial charge is 0.445 e. The summed E-state index contributed by atoms with van der Waals surface area (Å²) in [4.78, 5) is 54.8. The van der Waals surface area contributed by atoms with E-state index < -0.39 is 24.1 Å². The van der Waals surface area contributed by atoms with Crippen molar-refractivity contribution < 1.29 is 34.9 Å². The number of carbonyl (C=O) groups excluding carboxylic acids is 4. The van der Waals surface area contributed by atoms with Gasteiger partial charge in [0.25, 0.3) is 11.8 Å². The van der Waals surface area contributed by atoms with E-state index >= 15 is 0 Å². The molecular weight excluding hydrogens is 624 g/mol. The number of hydrogen-bond acceptors (Lipinski definition) is 6. The molecule has 12 heteroatoms. The summed E-state index contributed by atoms with van der Waals surface area (Å²) < 4.78 is 5.75. The van der Waals surface area contributed by atoms with Gasteiger partial charge in [0.05, 0.1) is 0 Å². The van der Waals surface area contributed by atoms with Crippen molar-refractivity contribution in [1.29, 1.82) is 0 Å². The van der Waals surface area contributed by atoms with E-state index in [1.54, 1.807) is 47.6 Å². The van der Waals surface area contributed by atoms with Crippen LogP contribution < -0.4 is 21.8 Å². The van der Waals surface area contributed by atoms with Gasteiger partial charge < -0.3 is 31.0 Å². The van der Waals surface area contributed by atoms with E-state index in [9.17, 15) is 19.2 Å². The fraction of sp³-hybridized carbons (Fsp3) is 0.297. The molecule has 0 aliphatic carbocycles. The molecule has 0 unspecified atom stereocenters. The number of aromatic amines is 1. The predicted molar refractivity (Wildman–Crippen MR) is 187 cm³/mol. The van der Waals surface area contributed by atoms with Crippen molar-refractivity contribution in [3.05, 3.63) is 107 Å². The Balaban J connectivity index is 1.40. The van der Waals surface area contributed by atoms with Crippen molar-refractivity contribution in [2.75, 3.05) is 11.9 Å². The van der Waals surface area contributed by atoms with Crippen LogP contribution in [0.5, 0.6) is 0 Å². The third kappa shape index (κ3) is 10.3. The van der Waals surface area contributed by atoms with Crippen LogP contribution in [0.3, 0.4) is 0 Å². The topological polar surface area (TPSA) is 180 Å². The van der Waals surface area contributed by atoms with Crippen molar-refractivity contribution in [1.82, 2.24) is 20.7 Å². The number of amides is 4. The summed E-state index contributed by atoms with van der Waals surface area (Å²) in [5, 5.41) is 15.3. The predicted octanol–water partition coefficient (Wildman–Crippen LogP) is 4.09. The standard InChI is InChI=1S/C37H44N6O6/c1-23(2)34(38)36(46)40-25(4)35(45)41-29-16-13-28(14-17-29)22-49-37(47)43(20-19-30-24(3)39-32-8-6-5-7-31(30)32)21-27-11-9-26(10-12-27)15-18-33(44)42-48/h5-18,23,25,34,39,48H,19-22,38H2,1-4H3,(H,40,46)(H,41,45)(H,42,44)/p+1/b18-15+/t25-,34-/m1/s1. The summed E-state index contributed by atoms with van der Waals surface area (Å²) in [6.45, 7) is 8.17. The molecule has 0 saturated carbocycles. The number of ether oxygens (including phenoxy) is 1. The number of carbonyl (C=O) groups is 4. The first-order valence-corrected chi connectivity index (χ1v) is 16.2. The smallest absolute Gasteiger partial charge is 0.410 e. The number of H-pyrrole nitrogens is 1. The molecule has 12 nitrogen and oxygen atoms in total. The van der Waals surface area contributed by atoms with E-state index in [0.717, 1.165) is 38.9 Å². The van der Waals surface area contributed by atoms with Crippen molar-refractivity contribution in [2.24, 2.45) is 5.92 Å². The van der Waals surface area contributed by atoms with E-state index in [1.165, 1.54) is 6.08 Å². The molecule has 0 saturated heterocycles. The Hall–Kier alpha value is -5.46. The molecule has 1 aromatic heterocycles. The van der Waals surface area contributed by atoms with Crippen LogP contribution in [0.15, 0.2) is 78.9 Å². The minimum atomic E-state index is -0.740. The Labute approximate surface area is 285 Å². The summed E-state index contributed by atoms with van der Waals surface area (Å²) in [5.41, 5.74) is 11.5. The molecule has 0 fully saturated rings. The molecule has 0 aliphatic rings. The third-order valence-corrected chi connectivity index (χ3v) is 8.28. The van der Waals surface area contributed by atoms with Gasteiger partial charge in [-0.25, -0.2) is 10.3 Å². The van der Waals surface area contributed by atoms with Gasteiger partial charge in [-0.15, -0.1) is 0 Å². The molecule has 0 spiro atoms. The summed E-state index contributed by atoms with van der Waals surface area (Å²) in [6, 6.07) is 21.2. The zero-order valence-corrected chi connectivity index (χ0v) is 28.3. The first-order chi connectivity index (χ1) is 23.4. The maximum atomic E-state index is 13.5. The third-order valence-electron chi connectivity index (χ3n) is 8.28. The highest BCUT2D eigenvalue weighted by atomic mass is 16.6. The molecule has 8 N–H and O–H groups in total. The number of aromatic nitrogens is 1. The number of nitrogens with one attached hydrogen (secondary N) is 4. The molecule has 4 rings (SSSR count). The van der Waals surface area contributed by atoms with Crippen LogP contribution in [0.1, 0.15) is 48.7 Å². The summed E-state index contributed by atoms with van der Waals surface area (Å²) in [7, 11) is 0. The van der Waals surface area contributed by atoms with Gasteiger partial charge in [0, 0.05) is 47.4 Å². The SMILES string of the molecule is Cc1[nH]c2ccccc2c1CCN(Cc1ccc(/C=C/C(=O)NO)cc1)C(=O)OCc1ccc(NC(=O)[C@@H](C)NC(=O)[C@H]([NH3+])C(C)C)cc1. The highest BCUT2D eigenvalue weighted by Gasteiger charge is 2.25.